The van der Waals surface area contributed by atoms with E-state index in [9.17, 15) is 0 Å². The summed E-state index contributed by atoms with van der Waals surface area (Å²) in [6.45, 7) is 13.8. The van der Waals surface area contributed by atoms with Gasteiger partial charge < -0.3 is 0 Å². The molecule has 0 bridgehead atoms. The Morgan fingerprint density at radius 3 is 1.35 bits per heavy atom. The molecule has 0 heterocycles. The molecule has 0 atom stereocenters. The van der Waals surface area contributed by atoms with E-state index in [1.165, 1.54) is 52.6 Å². The maximum absolute atomic E-state index is 2.45. The minimum Gasteiger partial charge on any atom is -0.0579 e. The summed E-state index contributed by atoms with van der Waals surface area (Å²) in [6, 6.07) is 14.3. The van der Waals surface area contributed by atoms with Crippen LogP contribution in [0.25, 0.3) is 11.1 Å². The lowest BCUT2D eigenvalue weighted by Gasteiger charge is -2.23. The molecular weight excluding hydrogens is 276 g/mol. The molecule has 0 nitrogen and oxygen atoms in total. The molecule has 3 rings (SSSR count). The second kappa shape index (κ2) is 5.51. The molecule has 0 aromatic heterocycles. The maximum atomic E-state index is 2.45. The van der Waals surface area contributed by atoms with E-state index in [0.717, 1.165) is 0 Å². The first-order valence-electron chi connectivity index (χ1n) is 8.93. The minimum atomic E-state index is 0.222. The highest BCUT2D eigenvalue weighted by atomic mass is 14.3. The van der Waals surface area contributed by atoms with Gasteiger partial charge in [0.25, 0.3) is 0 Å². The van der Waals surface area contributed by atoms with Crippen molar-refractivity contribution in [3.05, 3.63) is 58.7 Å². The molecule has 2 aromatic rings. The van der Waals surface area contributed by atoms with Crippen LogP contribution < -0.4 is 0 Å². The Morgan fingerprint density at radius 1 is 0.609 bits per heavy atom. The lowest BCUT2D eigenvalue weighted by molar-refractivity contribution is 0.589. The molecule has 2 aromatic carbocycles. The van der Waals surface area contributed by atoms with Gasteiger partial charge >= 0.3 is 0 Å². The van der Waals surface area contributed by atoms with Crippen LogP contribution >= 0.6 is 0 Å². The fourth-order valence-electron chi connectivity index (χ4n) is 3.53. The van der Waals surface area contributed by atoms with Gasteiger partial charge in [0.1, 0.15) is 0 Å². The van der Waals surface area contributed by atoms with Gasteiger partial charge in [-0.1, -0.05) is 77.9 Å². The third-order valence-corrected chi connectivity index (χ3v) is 5.12. The van der Waals surface area contributed by atoms with Crippen molar-refractivity contribution in [2.45, 2.75) is 71.6 Å². The second-order valence-corrected chi connectivity index (χ2v) is 9.10. The van der Waals surface area contributed by atoms with E-state index >= 15 is 0 Å². The van der Waals surface area contributed by atoms with Crippen molar-refractivity contribution in [3.63, 3.8) is 0 Å². The molecule has 23 heavy (non-hydrogen) atoms. The molecule has 0 saturated carbocycles. The van der Waals surface area contributed by atoms with Crippen molar-refractivity contribution < 1.29 is 0 Å². The highest BCUT2D eigenvalue weighted by Gasteiger charge is 2.21. The largest absolute Gasteiger partial charge is 0.0579 e. The first-order valence-corrected chi connectivity index (χ1v) is 8.93. The van der Waals surface area contributed by atoms with E-state index in [0.29, 0.717) is 0 Å². The summed E-state index contributed by atoms with van der Waals surface area (Å²) in [7, 11) is 0. The van der Waals surface area contributed by atoms with Gasteiger partial charge in [0.2, 0.25) is 0 Å². The van der Waals surface area contributed by atoms with E-state index in [1.54, 1.807) is 0 Å². The molecule has 0 spiro atoms. The Balaban J connectivity index is 2.11. The normalized spacial score (nSPS) is 14.9. The van der Waals surface area contributed by atoms with Gasteiger partial charge in [0.05, 0.1) is 0 Å². The van der Waals surface area contributed by atoms with Crippen LogP contribution in [0.5, 0.6) is 0 Å². The van der Waals surface area contributed by atoms with Crippen LogP contribution in [-0.4, -0.2) is 0 Å². The lowest BCUT2D eigenvalue weighted by atomic mass is 9.82. The number of hydrogen-bond acceptors (Lipinski definition) is 0. The average molecular weight is 306 g/mol. The van der Waals surface area contributed by atoms with E-state index in [2.05, 4.69) is 77.9 Å². The van der Waals surface area contributed by atoms with Gasteiger partial charge in [0, 0.05) is 0 Å². The zero-order valence-electron chi connectivity index (χ0n) is 15.6. The van der Waals surface area contributed by atoms with E-state index < -0.39 is 0 Å². The monoisotopic (exact) mass is 306 g/mol. The Bertz CT molecular complexity index is 657. The van der Waals surface area contributed by atoms with Gasteiger partial charge in [-0.3, -0.25) is 0 Å². The van der Waals surface area contributed by atoms with Gasteiger partial charge in [0.15, 0.2) is 0 Å². The summed E-state index contributed by atoms with van der Waals surface area (Å²) in [5.41, 5.74) is 9.30. The summed E-state index contributed by atoms with van der Waals surface area (Å²) < 4.78 is 0. The van der Waals surface area contributed by atoms with Gasteiger partial charge in [-0.05, 0) is 63.5 Å². The number of fused-ring (bicyclic) bond motifs is 3. The number of hydrogen-bond donors (Lipinski definition) is 0. The van der Waals surface area contributed by atoms with Crippen LogP contribution in [0.15, 0.2) is 36.4 Å². The fourth-order valence-corrected chi connectivity index (χ4v) is 3.53. The van der Waals surface area contributed by atoms with Crippen LogP contribution in [0.3, 0.4) is 0 Å². The maximum Gasteiger partial charge on any atom is -0.0132 e. The minimum absolute atomic E-state index is 0.222. The molecule has 0 amide bonds. The molecule has 0 saturated heterocycles. The summed E-state index contributed by atoms with van der Waals surface area (Å²) in [4.78, 5) is 0. The van der Waals surface area contributed by atoms with Crippen LogP contribution in [0.4, 0.5) is 0 Å². The molecule has 0 fully saturated rings. The SMILES string of the molecule is CC(C)(C)c1ccc2c(c1)CCCc1cc(C(C)(C)C)ccc1-2. The van der Waals surface area contributed by atoms with Crippen LogP contribution in [0.1, 0.15) is 70.2 Å². The highest BCUT2D eigenvalue weighted by molar-refractivity contribution is 5.73. The third-order valence-electron chi connectivity index (χ3n) is 5.12. The number of rotatable bonds is 0. The molecule has 0 radical (unpaired) electrons. The summed E-state index contributed by atoms with van der Waals surface area (Å²) in [5.74, 6) is 0. The van der Waals surface area contributed by atoms with Crippen molar-refractivity contribution in [2.24, 2.45) is 0 Å². The zero-order chi connectivity index (χ0) is 16.8. The average Bonchev–Trinajstić information content (AvgIpc) is 2.63. The third kappa shape index (κ3) is 3.22. The van der Waals surface area contributed by atoms with Crippen molar-refractivity contribution >= 4 is 0 Å². The molecular formula is C23H30. The van der Waals surface area contributed by atoms with Gasteiger partial charge in [-0.2, -0.15) is 0 Å². The van der Waals surface area contributed by atoms with Crippen LogP contribution in [0.2, 0.25) is 0 Å². The van der Waals surface area contributed by atoms with Crippen molar-refractivity contribution in [2.75, 3.05) is 0 Å². The Hall–Kier alpha value is -1.56. The molecule has 0 unspecified atom stereocenters. The molecule has 0 aliphatic heterocycles. The van der Waals surface area contributed by atoms with Crippen molar-refractivity contribution in [1.29, 1.82) is 0 Å². The topological polar surface area (TPSA) is 0 Å². The number of aryl methyl sites for hydroxylation is 2. The Kier molecular flexibility index (Phi) is 3.91. The van der Waals surface area contributed by atoms with E-state index in [-0.39, 0.29) is 10.8 Å². The molecule has 1 aliphatic rings. The summed E-state index contributed by atoms with van der Waals surface area (Å²) in [6.07, 6.45) is 3.64. The highest BCUT2D eigenvalue weighted by Crippen LogP contribution is 2.37. The second-order valence-electron chi connectivity index (χ2n) is 9.10. The first kappa shape index (κ1) is 16.3. The van der Waals surface area contributed by atoms with Crippen LogP contribution in [-0.2, 0) is 23.7 Å². The van der Waals surface area contributed by atoms with Gasteiger partial charge in [-0.15, -0.1) is 0 Å². The summed E-state index contributed by atoms with van der Waals surface area (Å²) in [5, 5.41) is 0. The van der Waals surface area contributed by atoms with Crippen molar-refractivity contribution in [1.82, 2.24) is 0 Å². The standard InChI is InChI=1S/C23H30/c1-22(2,3)18-10-12-20-16(14-18)8-7-9-17-15-19(23(4,5)6)11-13-21(17)20/h10-15H,7-9H2,1-6H3. The Morgan fingerprint density at radius 2 is 1.00 bits per heavy atom. The van der Waals surface area contributed by atoms with Crippen LogP contribution in [0, 0.1) is 0 Å². The lowest BCUT2D eigenvalue weighted by Crippen LogP contribution is -2.12. The Labute approximate surface area is 141 Å². The number of benzene rings is 2. The predicted molar refractivity (Wildman–Crippen MR) is 101 cm³/mol. The molecule has 1 aliphatic carbocycles. The fraction of sp³-hybridized carbons (Fsp3) is 0.478. The predicted octanol–water partition coefficient (Wildman–Crippen LogP) is 6.44. The summed E-state index contributed by atoms with van der Waals surface area (Å²) >= 11 is 0. The molecule has 0 N–H and O–H groups in total. The first-order chi connectivity index (χ1) is 10.7. The smallest absolute Gasteiger partial charge is 0.0132 e. The van der Waals surface area contributed by atoms with E-state index in [1.807, 2.05) is 0 Å². The molecule has 122 valence electrons. The zero-order valence-corrected chi connectivity index (χ0v) is 15.6. The van der Waals surface area contributed by atoms with E-state index in [4.69, 9.17) is 0 Å². The molecule has 0 heteroatoms. The van der Waals surface area contributed by atoms with Gasteiger partial charge in [-0.25, -0.2) is 0 Å². The quantitative estimate of drug-likeness (QED) is 0.525. The van der Waals surface area contributed by atoms with Crippen molar-refractivity contribution in [3.8, 4) is 11.1 Å².